The predicted octanol–water partition coefficient (Wildman–Crippen LogP) is 3.96. The third-order valence-electron chi connectivity index (χ3n) is 4.95. The lowest BCUT2D eigenvalue weighted by Gasteiger charge is -2.16. The normalized spacial score (nSPS) is 11.0. The predicted molar refractivity (Wildman–Crippen MR) is 119 cm³/mol. The lowest BCUT2D eigenvalue weighted by molar-refractivity contribution is 0.413. The largest absolute Gasteiger partial charge is 0.495 e. The Balaban J connectivity index is 1.98. The van der Waals surface area contributed by atoms with Crippen LogP contribution in [0.4, 0.5) is 0 Å². The minimum absolute atomic E-state index is 0.0991. The molecule has 0 fully saturated rings. The molecule has 0 aliphatic carbocycles. The Morgan fingerprint density at radius 2 is 1.90 bits per heavy atom. The number of hydrogen-bond donors (Lipinski definition) is 1. The first-order valence-electron chi connectivity index (χ1n) is 10.0. The van der Waals surface area contributed by atoms with E-state index in [9.17, 15) is 4.79 Å². The third kappa shape index (κ3) is 3.82. The SMILES string of the molecule is CCCNCc1nc2cccc(-c3cncc(OC)c3)c2c(=O)n1-c1ccccc1. The Kier molecular flexibility index (Phi) is 5.86. The van der Waals surface area contributed by atoms with Crippen LogP contribution in [0.3, 0.4) is 0 Å². The van der Waals surface area contributed by atoms with Gasteiger partial charge in [-0.2, -0.15) is 0 Å². The molecule has 4 rings (SSSR count). The molecule has 2 heterocycles. The second-order valence-electron chi connectivity index (χ2n) is 6.99. The van der Waals surface area contributed by atoms with Gasteiger partial charge in [0.15, 0.2) is 0 Å². The summed E-state index contributed by atoms with van der Waals surface area (Å²) in [5.74, 6) is 1.33. The molecule has 30 heavy (non-hydrogen) atoms. The van der Waals surface area contributed by atoms with Crippen molar-refractivity contribution >= 4 is 10.9 Å². The topological polar surface area (TPSA) is 69.0 Å². The zero-order valence-electron chi connectivity index (χ0n) is 17.1. The van der Waals surface area contributed by atoms with Crippen molar-refractivity contribution in [1.29, 1.82) is 0 Å². The number of aromatic nitrogens is 3. The molecule has 0 atom stereocenters. The van der Waals surface area contributed by atoms with Gasteiger partial charge in [-0.1, -0.05) is 37.3 Å². The maximum Gasteiger partial charge on any atom is 0.266 e. The van der Waals surface area contributed by atoms with Gasteiger partial charge in [0.2, 0.25) is 0 Å². The lowest BCUT2D eigenvalue weighted by Crippen LogP contribution is -2.28. The number of nitrogens with zero attached hydrogens (tertiary/aromatic N) is 3. The summed E-state index contributed by atoms with van der Waals surface area (Å²) in [7, 11) is 1.60. The maximum atomic E-state index is 13.8. The van der Waals surface area contributed by atoms with E-state index in [1.807, 2.05) is 54.6 Å². The van der Waals surface area contributed by atoms with Gasteiger partial charge >= 0.3 is 0 Å². The number of hydrogen-bond acceptors (Lipinski definition) is 5. The number of para-hydroxylation sites is 1. The fourth-order valence-corrected chi connectivity index (χ4v) is 3.53. The van der Waals surface area contributed by atoms with Crippen molar-refractivity contribution in [3.63, 3.8) is 0 Å². The van der Waals surface area contributed by atoms with Crippen LogP contribution in [0.5, 0.6) is 5.75 Å². The van der Waals surface area contributed by atoms with Gasteiger partial charge in [0, 0.05) is 11.8 Å². The number of methoxy groups -OCH3 is 1. The molecule has 0 aliphatic rings. The lowest BCUT2D eigenvalue weighted by atomic mass is 10.0. The number of ether oxygens (including phenoxy) is 1. The summed E-state index contributed by atoms with van der Waals surface area (Å²) in [5.41, 5.74) is 2.96. The molecular formula is C24H24N4O2. The first-order valence-corrected chi connectivity index (χ1v) is 10.0. The van der Waals surface area contributed by atoms with Crippen LogP contribution in [0.1, 0.15) is 19.2 Å². The molecule has 152 valence electrons. The Morgan fingerprint density at radius 3 is 2.67 bits per heavy atom. The molecule has 0 radical (unpaired) electrons. The molecular weight excluding hydrogens is 376 g/mol. The van der Waals surface area contributed by atoms with Crippen molar-refractivity contribution in [2.45, 2.75) is 19.9 Å². The first kappa shape index (κ1) is 19.8. The van der Waals surface area contributed by atoms with Gasteiger partial charge in [-0.25, -0.2) is 4.98 Å². The van der Waals surface area contributed by atoms with Crippen molar-refractivity contribution in [2.24, 2.45) is 0 Å². The van der Waals surface area contributed by atoms with Gasteiger partial charge in [-0.15, -0.1) is 0 Å². The maximum absolute atomic E-state index is 13.8. The van der Waals surface area contributed by atoms with E-state index in [0.29, 0.717) is 29.0 Å². The average Bonchev–Trinajstić information content (AvgIpc) is 2.79. The van der Waals surface area contributed by atoms with Gasteiger partial charge < -0.3 is 10.1 Å². The first-order chi connectivity index (χ1) is 14.7. The molecule has 6 nitrogen and oxygen atoms in total. The van der Waals surface area contributed by atoms with Crippen molar-refractivity contribution in [2.75, 3.05) is 13.7 Å². The molecule has 0 spiro atoms. The average molecular weight is 400 g/mol. The van der Waals surface area contributed by atoms with Crippen molar-refractivity contribution in [3.8, 4) is 22.6 Å². The van der Waals surface area contributed by atoms with Crippen molar-refractivity contribution < 1.29 is 4.74 Å². The molecule has 0 saturated heterocycles. The number of pyridine rings is 1. The van der Waals surface area contributed by atoms with E-state index in [2.05, 4.69) is 17.2 Å². The van der Waals surface area contributed by atoms with Gasteiger partial charge in [-0.05, 0) is 42.8 Å². The van der Waals surface area contributed by atoms with E-state index in [0.717, 1.165) is 29.8 Å². The summed E-state index contributed by atoms with van der Waals surface area (Å²) in [6, 6.07) is 17.2. The van der Waals surface area contributed by atoms with Crippen LogP contribution in [0, 0.1) is 0 Å². The van der Waals surface area contributed by atoms with Crippen LogP contribution in [0.15, 0.2) is 71.8 Å². The fourth-order valence-electron chi connectivity index (χ4n) is 3.53. The van der Waals surface area contributed by atoms with E-state index in [1.165, 1.54) is 0 Å². The van der Waals surface area contributed by atoms with E-state index in [4.69, 9.17) is 9.72 Å². The highest BCUT2D eigenvalue weighted by Gasteiger charge is 2.16. The van der Waals surface area contributed by atoms with E-state index in [1.54, 1.807) is 24.1 Å². The summed E-state index contributed by atoms with van der Waals surface area (Å²) in [4.78, 5) is 22.9. The van der Waals surface area contributed by atoms with Gasteiger partial charge in [0.25, 0.3) is 5.56 Å². The summed E-state index contributed by atoms with van der Waals surface area (Å²) in [5, 5.41) is 3.93. The molecule has 0 bridgehead atoms. The highest BCUT2D eigenvalue weighted by Crippen LogP contribution is 2.28. The van der Waals surface area contributed by atoms with Crippen LogP contribution < -0.4 is 15.6 Å². The number of fused-ring (bicyclic) bond motifs is 1. The Hall–Kier alpha value is -3.51. The summed E-state index contributed by atoms with van der Waals surface area (Å²) >= 11 is 0. The Bertz CT molecular complexity index is 1220. The Morgan fingerprint density at radius 1 is 1.07 bits per heavy atom. The summed E-state index contributed by atoms with van der Waals surface area (Å²) < 4.78 is 7.01. The molecule has 0 amide bonds. The smallest absolute Gasteiger partial charge is 0.266 e. The molecule has 0 unspecified atom stereocenters. The molecule has 0 aliphatic heterocycles. The molecule has 2 aromatic heterocycles. The van der Waals surface area contributed by atoms with Crippen LogP contribution >= 0.6 is 0 Å². The van der Waals surface area contributed by atoms with Gasteiger partial charge in [0.1, 0.15) is 11.6 Å². The molecule has 6 heteroatoms. The van der Waals surface area contributed by atoms with E-state index < -0.39 is 0 Å². The van der Waals surface area contributed by atoms with Crippen LogP contribution in [-0.2, 0) is 6.54 Å². The monoisotopic (exact) mass is 400 g/mol. The quantitative estimate of drug-likeness (QED) is 0.476. The van der Waals surface area contributed by atoms with Crippen LogP contribution in [0.25, 0.3) is 27.7 Å². The number of benzene rings is 2. The van der Waals surface area contributed by atoms with Crippen LogP contribution in [-0.4, -0.2) is 28.2 Å². The molecule has 4 aromatic rings. The molecule has 0 saturated carbocycles. The van der Waals surface area contributed by atoms with Gasteiger partial charge in [0.05, 0.1) is 36.4 Å². The number of nitrogens with one attached hydrogen (secondary N) is 1. The minimum Gasteiger partial charge on any atom is -0.495 e. The van der Waals surface area contributed by atoms with Crippen molar-refractivity contribution in [3.05, 3.63) is 83.2 Å². The summed E-state index contributed by atoms with van der Waals surface area (Å²) in [6.07, 6.45) is 4.39. The zero-order valence-corrected chi connectivity index (χ0v) is 17.1. The highest BCUT2D eigenvalue weighted by atomic mass is 16.5. The Labute approximate surface area is 175 Å². The van der Waals surface area contributed by atoms with E-state index in [-0.39, 0.29) is 5.56 Å². The number of rotatable bonds is 7. The zero-order chi connectivity index (χ0) is 20.9. The standard InChI is InChI=1S/C24H24N4O2/c1-3-12-25-16-22-27-21-11-7-10-20(17-13-19(30-2)15-26-14-17)23(21)24(29)28(22)18-8-5-4-6-9-18/h4-11,13-15,25H,3,12,16H2,1-2H3. The van der Waals surface area contributed by atoms with E-state index >= 15 is 0 Å². The van der Waals surface area contributed by atoms with Crippen molar-refractivity contribution in [1.82, 2.24) is 19.9 Å². The fraction of sp³-hybridized carbons (Fsp3) is 0.208. The highest BCUT2D eigenvalue weighted by molar-refractivity contribution is 5.94. The summed E-state index contributed by atoms with van der Waals surface area (Å²) in [6.45, 7) is 3.48. The van der Waals surface area contributed by atoms with Crippen LogP contribution in [0.2, 0.25) is 0 Å². The van der Waals surface area contributed by atoms with Gasteiger partial charge in [-0.3, -0.25) is 14.3 Å². The molecule has 1 N–H and O–H groups in total. The second-order valence-corrected chi connectivity index (χ2v) is 6.99. The minimum atomic E-state index is -0.0991. The second kappa shape index (κ2) is 8.88. The molecule has 2 aromatic carbocycles. The third-order valence-corrected chi connectivity index (χ3v) is 4.95.